The highest BCUT2D eigenvalue weighted by Gasteiger charge is 2.08. The van der Waals surface area contributed by atoms with E-state index >= 15 is 0 Å². The molecule has 3 aromatic rings. The van der Waals surface area contributed by atoms with Crippen LogP contribution in [0.4, 0.5) is 4.39 Å². The van der Waals surface area contributed by atoms with Crippen LogP contribution in [0.15, 0.2) is 44.6 Å². The molecule has 1 aromatic carbocycles. The summed E-state index contributed by atoms with van der Waals surface area (Å²) in [6.07, 6.45) is 1.66. The van der Waals surface area contributed by atoms with Gasteiger partial charge in [0.15, 0.2) is 0 Å². The molecule has 19 heavy (non-hydrogen) atoms. The van der Waals surface area contributed by atoms with Gasteiger partial charge in [-0.1, -0.05) is 0 Å². The zero-order valence-electron chi connectivity index (χ0n) is 9.64. The van der Waals surface area contributed by atoms with Crippen molar-refractivity contribution in [1.29, 1.82) is 0 Å². The molecular weight excluding hydrogens is 331 g/mol. The van der Waals surface area contributed by atoms with Crippen molar-refractivity contribution >= 4 is 38.0 Å². The van der Waals surface area contributed by atoms with Crippen LogP contribution in [0.3, 0.4) is 0 Å². The predicted molar refractivity (Wildman–Crippen MR) is 77.1 cm³/mol. The maximum absolute atomic E-state index is 13.4. The van der Waals surface area contributed by atoms with Crippen LogP contribution >= 0.6 is 27.3 Å². The van der Waals surface area contributed by atoms with Crippen LogP contribution in [0.5, 0.6) is 0 Å². The zero-order chi connectivity index (χ0) is 13.4. The number of fused-ring (bicyclic) bond motifs is 1. The van der Waals surface area contributed by atoms with E-state index in [1.165, 1.54) is 23.5 Å². The Hall–Kier alpha value is -1.53. The molecule has 6 heteroatoms. The van der Waals surface area contributed by atoms with Crippen LogP contribution in [0, 0.1) is 5.82 Å². The summed E-state index contributed by atoms with van der Waals surface area (Å²) in [5, 5.41) is 2.99. The minimum Gasteiger partial charge on any atom is -0.309 e. The highest BCUT2D eigenvalue weighted by molar-refractivity contribution is 9.10. The first kappa shape index (κ1) is 12.5. The van der Waals surface area contributed by atoms with Gasteiger partial charge in [0.25, 0.3) is 5.56 Å². The van der Waals surface area contributed by atoms with E-state index in [1.807, 2.05) is 5.38 Å². The molecule has 0 spiro atoms. The molecule has 0 saturated carbocycles. The summed E-state index contributed by atoms with van der Waals surface area (Å²) in [5.74, 6) is -0.371. The van der Waals surface area contributed by atoms with Gasteiger partial charge in [-0.25, -0.2) is 9.37 Å². The first-order valence-corrected chi connectivity index (χ1v) is 7.24. The van der Waals surface area contributed by atoms with Gasteiger partial charge in [-0.3, -0.25) is 4.79 Å². The van der Waals surface area contributed by atoms with Gasteiger partial charge >= 0.3 is 0 Å². The van der Waals surface area contributed by atoms with E-state index in [0.717, 1.165) is 5.69 Å². The van der Waals surface area contributed by atoms with Gasteiger partial charge in [-0.2, -0.15) is 0 Å². The molecule has 0 fully saturated rings. The largest absolute Gasteiger partial charge is 0.309 e. The lowest BCUT2D eigenvalue weighted by molar-refractivity contribution is 0.623. The lowest BCUT2D eigenvalue weighted by atomic mass is 10.1. The predicted octanol–water partition coefficient (Wildman–Crippen LogP) is 3.41. The maximum atomic E-state index is 13.4. The molecule has 2 heterocycles. The van der Waals surface area contributed by atoms with Crippen LogP contribution in [0.2, 0.25) is 0 Å². The van der Waals surface area contributed by atoms with Crippen molar-refractivity contribution in [3.05, 3.63) is 61.6 Å². The highest BCUT2D eigenvalue weighted by Crippen LogP contribution is 2.21. The van der Waals surface area contributed by atoms with Gasteiger partial charge in [-0.05, 0) is 39.5 Å². The van der Waals surface area contributed by atoms with Crippen molar-refractivity contribution < 1.29 is 4.39 Å². The topological polar surface area (TPSA) is 34.9 Å². The molecule has 3 rings (SSSR count). The Balaban J connectivity index is 2.15. The number of benzene rings is 1. The number of thiazole rings is 1. The standard InChI is InChI=1S/C13H8BrFN2OS/c14-11-4-10-8(3-12(11)15)1-2-17(13(10)18)5-9-6-19-7-16-9/h1-4,6-7H,5H2. The minimum absolute atomic E-state index is 0.147. The molecule has 0 atom stereocenters. The molecule has 0 radical (unpaired) electrons. The molecule has 0 bridgehead atoms. The molecule has 0 N–H and O–H groups in total. The third kappa shape index (κ3) is 2.33. The van der Waals surface area contributed by atoms with Crippen molar-refractivity contribution in [1.82, 2.24) is 9.55 Å². The van der Waals surface area contributed by atoms with E-state index in [4.69, 9.17) is 0 Å². The summed E-state index contributed by atoms with van der Waals surface area (Å²) in [5.41, 5.74) is 2.42. The van der Waals surface area contributed by atoms with E-state index in [2.05, 4.69) is 20.9 Å². The third-order valence-electron chi connectivity index (χ3n) is 2.83. The van der Waals surface area contributed by atoms with Crippen LogP contribution in [-0.2, 0) is 6.54 Å². The van der Waals surface area contributed by atoms with E-state index < -0.39 is 0 Å². The number of aromatic nitrogens is 2. The lowest BCUT2D eigenvalue weighted by Crippen LogP contribution is -2.20. The maximum Gasteiger partial charge on any atom is 0.258 e. The summed E-state index contributed by atoms with van der Waals surface area (Å²) in [4.78, 5) is 16.5. The first-order chi connectivity index (χ1) is 9.15. The molecule has 0 amide bonds. The monoisotopic (exact) mass is 338 g/mol. The zero-order valence-corrected chi connectivity index (χ0v) is 12.0. The van der Waals surface area contributed by atoms with Crippen LogP contribution < -0.4 is 5.56 Å². The van der Waals surface area contributed by atoms with Gasteiger partial charge < -0.3 is 4.57 Å². The van der Waals surface area contributed by atoms with Crippen LogP contribution in [-0.4, -0.2) is 9.55 Å². The normalized spacial score (nSPS) is 11.1. The number of rotatable bonds is 2. The Morgan fingerprint density at radius 2 is 2.26 bits per heavy atom. The van der Waals surface area contributed by atoms with Gasteiger partial charge in [-0.15, -0.1) is 11.3 Å². The van der Waals surface area contributed by atoms with Gasteiger partial charge in [0.05, 0.1) is 22.2 Å². The Kier molecular flexibility index (Phi) is 3.20. The highest BCUT2D eigenvalue weighted by atomic mass is 79.9. The van der Waals surface area contributed by atoms with Crippen molar-refractivity contribution in [3.63, 3.8) is 0 Å². The fraction of sp³-hybridized carbons (Fsp3) is 0.0769. The summed E-state index contributed by atoms with van der Waals surface area (Å²) < 4.78 is 15.3. The summed E-state index contributed by atoms with van der Waals surface area (Å²) in [6.45, 7) is 0.424. The molecular formula is C13H8BrFN2OS. The summed E-state index contributed by atoms with van der Waals surface area (Å²) in [7, 11) is 0. The Labute approximate surface area is 120 Å². The molecule has 2 aromatic heterocycles. The molecule has 0 aliphatic carbocycles. The number of hydrogen-bond acceptors (Lipinski definition) is 3. The minimum atomic E-state index is -0.371. The summed E-state index contributed by atoms with van der Waals surface area (Å²) in [6, 6.07) is 4.61. The van der Waals surface area contributed by atoms with E-state index in [1.54, 1.807) is 22.3 Å². The molecule has 0 aliphatic rings. The second-order valence-corrected chi connectivity index (χ2v) is 5.66. The first-order valence-electron chi connectivity index (χ1n) is 5.50. The number of halogens is 2. The number of nitrogens with zero attached hydrogens (tertiary/aromatic N) is 2. The molecule has 0 unspecified atom stereocenters. The van der Waals surface area contributed by atoms with Gasteiger partial charge in [0.2, 0.25) is 0 Å². The summed E-state index contributed by atoms with van der Waals surface area (Å²) >= 11 is 4.59. The average Bonchev–Trinajstić information content (AvgIpc) is 2.88. The van der Waals surface area contributed by atoms with Crippen molar-refractivity contribution in [2.75, 3.05) is 0 Å². The van der Waals surface area contributed by atoms with Crippen molar-refractivity contribution in [2.45, 2.75) is 6.54 Å². The fourth-order valence-electron chi connectivity index (χ4n) is 1.89. The fourth-order valence-corrected chi connectivity index (χ4v) is 2.79. The quantitative estimate of drug-likeness (QED) is 0.717. The molecule has 0 aliphatic heterocycles. The van der Waals surface area contributed by atoms with Gasteiger partial charge in [0.1, 0.15) is 5.82 Å². The SMILES string of the molecule is O=c1c2cc(Br)c(F)cc2ccn1Cc1cscn1. The molecule has 3 nitrogen and oxygen atoms in total. The third-order valence-corrected chi connectivity index (χ3v) is 4.08. The van der Waals surface area contributed by atoms with Crippen LogP contribution in [0.1, 0.15) is 5.69 Å². The van der Waals surface area contributed by atoms with Gasteiger partial charge in [0, 0.05) is 17.0 Å². The Bertz CT molecular complexity index is 798. The Morgan fingerprint density at radius 1 is 1.42 bits per heavy atom. The average molecular weight is 339 g/mol. The van der Waals surface area contributed by atoms with Crippen molar-refractivity contribution in [2.24, 2.45) is 0 Å². The number of pyridine rings is 1. The Morgan fingerprint density at radius 3 is 3.00 bits per heavy atom. The molecule has 96 valence electrons. The lowest BCUT2D eigenvalue weighted by Gasteiger charge is -2.06. The van der Waals surface area contributed by atoms with E-state index in [0.29, 0.717) is 21.8 Å². The van der Waals surface area contributed by atoms with Crippen molar-refractivity contribution in [3.8, 4) is 0 Å². The second-order valence-electron chi connectivity index (χ2n) is 4.08. The second kappa shape index (κ2) is 4.86. The number of hydrogen-bond donors (Lipinski definition) is 0. The van der Waals surface area contributed by atoms with E-state index in [-0.39, 0.29) is 11.4 Å². The smallest absolute Gasteiger partial charge is 0.258 e. The van der Waals surface area contributed by atoms with Crippen LogP contribution in [0.25, 0.3) is 10.8 Å². The van der Waals surface area contributed by atoms with E-state index in [9.17, 15) is 9.18 Å². The molecule has 0 saturated heterocycles.